The summed E-state index contributed by atoms with van der Waals surface area (Å²) in [6.45, 7) is 11.9. The molecule has 1 aromatic heterocycles. The predicted octanol–water partition coefficient (Wildman–Crippen LogP) is 4.31. The van der Waals surface area contributed by atoms with E-state index in [9.17, 15) is 4.79 Å². The van der Waals surface area contributed by atoms with Crippen molar-refractivity contribution in [2.75, 3.05) is 23.3 Å². The number of nitrogens with one attached hydrogen (secondary N) is 1. The van der Waals surface area contributed by atoms with Gasteiger partial charge in [0.05, 0.1) is 0 Å². The molecule has 128 valence electrons. The molecule has 1 aromatic carbocycles. The summed E-state index contributed by atoms with van der Waals surface area (Å²) in [4.78, 5) is 22.4. The first-order valence-corrected chi connectivity index (χ1v) is 8.45. The van der Waals surface area contributed by atoms with Gasteiger partial charge >= 0.3 is 0 Å². The lowest BCUT2D eigenvalue weighted by atomic mass is 10.0. The van der Waals surface area contributed by atoms with Gasteiger partial charge in [-0.25, -0.2) is 4.98 Å². The largest absolute Gasteiger partial charge is 0.341 e. The SMILES string of the molecule is CCN(CC)c1nc(C=O)c(C)c(Nc2ccc(C(C)C)cc2)n1. The number of aldehydes is 1. The van der Waals surface area contributed by atoms with Gasteiger partial charge in [0.15, 0.2) is 6.29 Å². The Morgan fingerprint density at radius 1 is 1.12 bits per heavy atom. The number of carbonyl (C=O) groups excluding carboxylic acids is 1. The number of anilines is 3. The van der Waals surface area contributed by atoms with Crippen LogP contribution in [0.15, 0.2) is 24.3 Å². The van der Waals surface area contributed by atoms with Crippen LogP contribution in [-0.2, 0) is 0 Å². The van der Waals surface area contributed by atoms with Gasteiger partial charge in [-0.2, -0.15) is 4.98 Å². The highest BCUT2D eigenvalue weighted by Crippen LogP contribution is 2.24. The molecule has 0 bridgehead atoms. The first-order chi connectivity index (χ1) is 11.5. The van der Waals surface area contributed by atoms with Gasteiger partial charge in [0.2, 0.25) is 5.95 Å². The molecule has 0 saturated heterocycles. The second kappa shape index (κ2) is 7.90. The van der Waals surface area contributed by atoms with Crippen LogP contribution >= 0.6 is 0 Å². The summed E-state index contributed by atoms with van der Waals surface area (Å²) in [7, 11) is 0. The van der Waals surface area contributed by atoms with E-state index >= 15 is 0 Å². The fourth-order valence-electron chi connectivity index (χ4n) is 2.49. The zero-order valence-corrected chi connectivity index (χ0v) is 15.1. The van der Waals surface area contributed by atoms with Crippen LogP contribution in [0.3, 0.4) is 0 Å². The van der Waals surface area contributed by atoms with E-state index in [1.54, 1.807) is 0 Å². The average Bonchev–Trinajstić information content (AvgIpc) is 2.59. The van der Waals surface area contributed by atoms with Crippen molar-refractivity contribution in [3.63, 3.8) is 0 Å². The quantitative estimate of drug-likeness (QED) is 0.768. The molecular formula is C19H26N4O. The van der Waals surface area contributed by atoms with Crippen LogP contribution in [0.5, 0.6) is 0 Å². The minimum atomic E-state index is 0.424. The topological polar surface area (TPSA) is 58.1 Å². The van der Waals surface area contributed by atoms with Crippen molar-refractivity contribution in [3.8, 4) is 0 Å². The Balaban J connectivity index is 2.37. The predicted molar refractivity (Wildman–Crippen MR) is 99.5 cm³/mol. The zero-order valence-electron chi connectivity index (χ0n) is 15.1. The van der Waals surface area contributed by atoms with Crippen molar-refractivity contribution in [3.05, 3.63) is 41.1 Å². The standard InChI is InChI=1S/C19H26N4O/c1-6-23(7-2)19-21-17(12-24)14(5)18(22-19)20-16-10-8-15(9-11-16)13(3)4/h8-13H,6-7H2,1-5H3,(H,20,21,22). The number of aromatic nitrogens is 2. The molecule has 0 atom stereocenters. The maximum atomic E-state index is 11.4. The summed E-state index contributed by atoms with van der Waals surface area (Å²) < 4.78 is 0. The van der Waals surface area contributed by atoms with E-state index < -0.39 is 0 Å². The van der Waals surface area contributed by atoms with Crippen molar-refractivity contribution in [1.29, 1.82) is 0 Å². The zero-order chi connectivity index (χ0) is 17.7. The highest BCUT2D eigenvalue weighted by Gasteiger charge is 2.14. The molecule has 0 aliphatic heterocycles. The molecule has 0 radical (unpaired) electrons. The third kappa shape index (κ3) is 3.91. The monoisotopic (exact) mass is 326 g/mol. The van der Waals surface area contributed by atoms with Crippen molar-refractivity contribution in [2.45, 2.75) is 40.5 Å². The van der Waals surface area contributed by atoms with Crippen molar-refractivity contribution in [2.24, 2.45) is 0 Å². The third-order valence-corrected chi connectivity index (χ3v) is 4.17. The van der Waals surface area contributed by atoms with Gasteiger partial charge in [-0.3, -0.25) is 4.79 Å². The molecule has 0 aliphatic rings. The highest BCUT2D eigenvalue weighted by molar-refractivity contribution is 5.78. The van der Waals surface area contributed by atoms with Crippen LogP contribution in [0.25, 0.3) is 0 Å². The summed E-state index contributed by atoms with van der Waals surface area (Å²) in [5.41, 5.74) is 3.42. The fourth-order valence-corrected chi connectivity index (χ4v) is 2.49. The third-order valence-electron chi connectivity index (χ3n) is 4.17. The smallest absolute Gasteiger partial charge is 0.227 e. The molecule has 1 N–H and O–H groups in total. The molecule has 0 aliphatic carbocycles. The summed E-state index contributed by atoms with van der Waals surface area (Å²) in [5.74, 6) is 1.75. The Morgan fingerprint density at radius 2 is 1.75 bits per heavy atom. The average molecular weight is 326 g/mol. The van der Waals surface area contributed by atoms with Crippen LogP contribution in [-0.4, -0.2) is 29.3 Å². The molecule has 5 heteroatoms. The van der Waals surface area contributed by atoms with E-state index in [1.807, 2.05) is 37.8 Å². The number of hydrogen-bond acceptors (Lipinski definition) is 5. The molecule has 1 heterocycles. The van der Waals surface area contributed by atoms with Crippen molar-refractivity contribution in [1.82, 2.24) is 9.97 Å². The van der Waals surface area contributed by atoms with Crippen LogP contribution < -0.4 is 10.2 Å². The number of carbonyl (C=O) groups is 1. The number of rotatable bonds is 7. The van der Waals surface area contributed by atoms with Crippen LogP contribution in [0.4, 0.5) is 17.5 Å². The van der Waals surface area contributed by atoms with Gasteiger partial charge in [-0.1, -0.05) is 26.0 Å². The maximum Gasteiger partial charge on any atom is 0.227 e. The lowest BCUT2D eigenvalue weighted by molar-refractivity contribution is 0.111. The molecule has 0 unspecified atom stereocenters. The minimum Gasteiger partial charge on any atom is -0.341 e. The Labute approximate surface area is 144 Å². The van der Waals surface area contributed by atoms with Gasteiger partial charge in [-0.15, -0.1) is 0 Å². The normalized spacial score (nSPS) is 10.8. The van der Waals surface area contributed by atoms with E-state index in [0.29, 0.717) is 23.4 Å². The number of benzene rings is 1. The first kappa shape index (κ1) is 17.9. The Bertz CT molecular complexity index is 691. The lowest BCUT2D eigenvalue weighted by Crippen LogP contribution is -2.25. The molecule has 0 spiro atoms. The van der Waals surface area contributed by atoms with E-state index in [4.69, 9.17) is 0 Å². The van der Waals surface area contributed by atoms with Crippen LogP contribution in [0.2, 0.25) is 0 Å². The van der Waals surface area contributed by atoms with Crippen LogP contribution in [0.1, 0.15) is 55.2 Å². The molecule has 0 fully saturated rings. The van der Waals surface area contributed by atoms with Gasteiger partial charge < -0.3 is 10.2 Å². The van der Waals surface area contributed by atoms with Gasteiger partial charge in [0.25, 0.3) is 0 Å². The number of hydrogen-bond donors (Lipinski definition) is 1. The maximum absolute atomic E-state index is 11.4. The van der Waals surface area contributed by atoms with E-state index in [0.717, 1.165) is 30.6 Å². The van der Waals surface area contributed by atoms with Crippen molar-refractivity contribution < 1.29 is 4.79 Å². The minimum absolute atomic E-state index is 0.424. The molecule has 2 aromatic rings. The molecule has 0 amide bonds. The van der Waals surface area contributed by atoms with Crippen LogP contribution in [0, 0.1) is 6.92 Å². The van der Waals surface area contributed by atoms with E-state index in [1.165, 1.54) is 5.56 Å². The Morgan fingerprint density at radius 3 is 2.25 bits per heavy atom. The van der Waals surface area contributed by atoms with Gasteiger partial charge in [0, 0.05) is 24.3 Å². The highest BCUT2D eigenvalue weighted by atomic mass is 16.1. The second-order valence-electron chi connectivity index (χ2n) is 6.07. The molecule has 2 rings (SSSR count). The fraction of sp³-hybridized carbons (Fsp3) is 0.421. The molecule has 0 saturated carbocycles. The van der Waals surface area contributed by atoms with Crippen molar-refractivity contribution >= 4 is 23.7 Å². The first-order valence-electron chi connectivity index (χ1n) is 8.45. The van der Waals surface area contributed by atoms with E-state index in [-0.39, 0.29) is 0 Å². The Hall–Kier alpha value is -2.43. The number of nitrogens with zero attached hydrogens (tertiary/aromatic N) is 3. The van der Waals surface area contributed by atoms with E-state index in [2.05, 4.69) is 41.3 Å². The lowest BCUT2D eigenvalue weighted by Gasteiger charge is -2.21. The summed E-state index contributed by atoms with van der Waals surface area (Å²) in [6.07, 6.45) is 0.789. The summed E-state index contributed by atoms with van der Waals surface area (Å²) >= 11 is 0. The van der Waals surface area contributed by atoms with Gasteiger partial charge in [0.1, 0.15) is 11.5 Å². The molecule has 5 nitrogen and oxygen atoms in total. The summed E-state index contributed by atoms with van der Waals surface area (Å²) in [5, 5.41) is 3.32. The van der Waals surface area contributed by atoms with Gasteiger partial charge in [-0.05, 0) is 44.4 Å². The second-order valence-corrected chi connectivity index (χ2v) is 6.07. The molecule has 24 heavy (non-hydrogen) atoms. The summed E-state index contributed by atoms with van der Waals surface area (Å²) in [6, 6.07) is 8.29. The Kier molecular flexibility index (Phi) is 5.90. The molecular weight excluding hydrogens is 300 g/mol.